The Labute approximate surface area is 148 Å². The minimum absolute atomic E-state index is 0.101. The van der Waals surface area contributed by atoms with E-state index in [1.807, 2.05) is 61.9 Å². The van der Waals surface area contributed by atoms with Gasteiger partial charge in [-0.25, -0.2) is 4.79 Å². The van der Waals surface area contributed by atoms with Crippen molar-refractivity contribution >= 4 is 23.2 Å². The Bertz CT molecular complexity index is 702. The van der Waals surface area contributed by atoms with Crippen LogP contribution in [-0.4, -0.2) is 47.8 Å². The molecule has 3 rings (SSSR count). The molecular weight excluding hydrogens is 318 g/mol. The molecule has 1 atom stereocenters. The van der Waals surface area contributed by atoms with Crippen LogP contribution in [0, 0.1) is 0 Å². The number of aromatic nitrogens is 1. The van der Waals surface area contributed by atoms with Crippen molar-refractivity contribution in [2.75, 3.05) is 25.0 Å². The molecule has 0 unspecified atom stereocenters. The SMILES string of the molecule is CN(C[C@H]1CCCCN1C(=O)OC(C)(C)C)c1nc2ccccc2o1. The van der Waals surface area contributed by atoms with Gasteiger partial charge in [0.1, 0.15) is 11.1 Å². The molecule has 1 amide bonds. The van der Waals surface area contributed by atoms with Crippen LogP contribution in [0.2, 0.25) is 0 Å². The normalized spacial score (nSPS) is 18.4. The predicted octanol–water partition coefficient (Wildman–Crippen LogP) is 4.05. The molecule has 2 heterocycles. The minimum atomic E-state index is -0.481. The van der Waals surface area contributed by atoms with E-state index < -0.39 is 5.60 Å². The number of carbonyl (C=O) groups is 1. The van der Waals surface area contributed by atoms with E-state index in [9.17, 15) is 4.79 Å². The van der Waals surface area contributed by atoms with Gasteiger partial charge in [0.25, 0.3) is 6.01 Å². The first-order valence-corrected chi connectivity index (χ1v) is 8.90. The molecule has 6 heteroatoms. The third-order valence-electron chi connectivity index (χ3n) is 4.35. The van der Waals surface area contributed by atoms with Crippen LogP contribution in [0.1, 0.15) is 40.0 Å². The molecule has 0 N–H and O–H groups in total. The number of piperidine rings is 1. The van der Waals surface area contributed by atoms with Crippen molar-refractivity contribution in [3.8, 4) is 0 Å². The summed E-state index contributed by atoms with van der Waals surface area (Å²) in [6.45, 7) is 7.10. The molecular formula is C19H27N3O3. The van der Waals surface area contributed by atoms with Crippen molar-refractivity contribution in [2.45, 2.75) is 51.7 Å². The summed E-state index contributed by atoms with van der Waals surface area (Å²) in [6.07, 6.45) is 2.86. The highest BCUT2D eigenvalue weighted by Crippen LogP contribution is 2.24. The van der Waals surface area contributed by atoms with E-state index in [1.54, 1.807) is 0 Å². The van der Waals surface area contributed by atoms with Gasteiger partial charge in [-0.3, -0.25) is 0 Å². The van der Waals surface area contributed by atoms with Gasteiger partial charge in [0.2, 0.25) is 0 Å². The minimum Gasteiger partial charge on any atom is -0.444 e. The van der Waals surface area contributed by atoms with E-state index in [1.165, 1.54) is 0 Å². The van der Waals surface area contributed by atoms with Gasteiger partial charge in [-0.15, -0.1) is 0 Å². The molecule has 1 aromatic heterocycles. The molecule has 6 nitrogen and oxygen atoms in total. The predicted molar refractivity (Wildman–Crippen MR) is 97.9 cm³/mol. The van der Waals surface area contributed by atoms with Crippen molar-refractivity contribution in [3.63, 3.8) is 0 Å². The molecule has 136 valence electrons. The van der Waals surface area contributed by atoms with E-state index in [0.29, 0.717) is 12.6 Å². The van der Waals surface area contributed by atoms with Crippen molar-refractivity contribution in [3.05, 3.63) is 24.3 Å². The Kier molecular flexibility index (Phi) is 4.88. The van der Waals surface area contributed by atoms with E-state index >= 15 is 0 Å². The Morgan fingerprint density at radius 3 is 2.84 bits per heavy atom. The molecule has 1 aliphatic rings. The lowest BCUT2D eigenvalue weighted by atomic mass is 10.0. The maximum atomic E-state index is 12.5. The molecule has 1 aromatic carbocycles. The first-order chi connectivity index (χ1) is 11.8. The maximum absolute atomic E-state index is 12.5. The number of likely N-dealkylation sites (N-methyl/N-ethyl adjacent to an activating group) is 1. The lowest BCUT2D eigenvalue weighted by Gasteiger charge is -2.38. The number of anilines is 1. The molecule has 25 heavy (non-hydrogen) atoms. The van der Waals surface area contributed by atoms with Crippen molar-refractivity contribution in [2.24, 2.45) is 0 Å². The van der Waals surface area contributed by atoms with Crippen LogP contribution in [0.5, 0.6) is 0 Å². The van der Waals surface area contributed by atoms with E-state index in [-0.39, 0.29) is 12.1 Å². The lowest BCUT2D eigenvalue weighted by Crippen LogP contribution is -2.50. The van der Waals surface area contributed by atoms with Crippen LogP contribution in [0.4, 0.5) is 10.8 Å². The molecule has 0 bridgehead atoms. The summed E-state index contributed by atoms with van der Waals surface area (Å²) in [5.74, 6) is 0. The first kappa shape index (κ1) is 17.6. The largest absolute Gasteiger partial charge is 0.444 e. The highest BCUT2D eigenvalue weighted by Gasteiger charge is 2.31. The lowest BCUT2D eigenvalue weighted by molar-refractivity contribution is 0.0107. The van der Waals surface area contributed by atoms with Crippen LogP contribution in [0.3, 0.4) is 0 Å². The fourth-order valence-corrected chi connectivity index (χ4v) is 3.17. The summed E-state index contributed by atoms with van der Waals surface area (Å²) in [7, 11) is 1.95. The van der Waals surface area contributed by atoms with Crippen molar-refractivity contribution in [1.82, 2.24) is 9.88 Å². The van der Waals surface area contributed by atoms with Crippen molar-refractivity contribution < 1.29 is 13.9 Å². The van der Waals surface area contributed by atoms with Gasteiger partial charge < -0.3 is 19.0 Å². The number of hydrogen-bond acceptors (Lipinski definition) is 5. The van der Waals surface area contributed by atoms with Crippen LogP contribution < -0.4 is 4.90 Å². The molecule has 0 radical (unpaired) electrons. The molecule has 0 saturated carbocycles. The maximum Gasteiger partial charge on any atom is 0.410 e. The van der Waals surface area contributed by atoms with Gasteiger partial charge >= 0.3 is 6.09 Å². The number of rotatable bonds is 3. The number of benzene rings is 1. The Hall–Kier alpha value is -2.24. The standard InChI is InChI=1S/C19H27N3O3/c1-19(2,3)25-18(23)22-12-8-7-9-14(22)13-21(4)17-20-15-10-5-6-11-16(15)24-17/h5-6,10-11,14H,7-9,12-13H2,1-4H3/t14-/m1/s1. The van der Waals surface area contributed by atoms with Crippen LogP contribution >= 0.6 is 0 Å². The number of para-hydroxylation sites is 2. The van der Waals surface area contributed by atoms with Crippen LogP contribution in [-0.2, 0) is 4.74 Å². The molecule has 1 saturated heterocycles. The molecule has 2 aromatic rings. The average molecular weight is 345 g/mol. The van der Waals surface area contributed by atoms with Gasteiger partial charge in [0.05, 0.1) is 6.04 Å². The van der Waals surface area contributed by atoms with E-state index in [2.05, 4.69) is 4.98 Å². The Balaban J connectivity index is 1.71. The Morgan fingerprint density at radius 1 is 1.36 bits per heavy atom. The van der Waals surface area contributed by atoms with Crippen LogP contribution in [0.25, 0.3) is 11.1 Å². The molecule has 0 aliphatic carbocycles. The van der Waals surface area contributed by atoms with Crippen LogP contribution in [0.15, 0.2) is 28.7 Å². The molecule has 1 aliphatic heterocycles. The second-order valence-electron chi connectivity index (χ2n) is 7.67. The topological polar surface area (TPSA) is 58.8 Å². The highest BCUT2D eigenvalue weighted by molar-refractivity contribution is 5.74. The van der Waals surface area contributed by atoms with E-state index in [0.717, 1.165) is 36.9 Å². The number of ether oxygens (including phenoxy) is 1. The van der Waals surface area contributed by atoms with Gasteiger partial charge in [-0.05, 0) is 52.2 Å². The fourth-order valence-electron chi connectivity index (χ4n) is 3.17. The summed E-state index contributed by atoms with van der Waals surface area (Å²) >= 11 is 0. The number of nitrogens with zero attached hydrogens (tertiary/aromatic N) is 3. The van der Waals surface area contributed by atoms with Crippen molar-refractivity contribution in [1.29, 1.82) is 0 Å². The monoisotopic (exact) mass is 345 g/mol. The highest BCUT2D eigenvalue weighted by atomic mass is 16.6. The Morgan fingerprint density at radius 2 is 2.12 bits per heavy atom. The number of fused-ring (bicyclic) bond motifs is 1. The smallest absolute Gasteiger partial charge is 0.410 e. The van der Waals surface area contributed by atoms with Gasteiger partial charge in [0, 0.05) is 20.1 Å². The fraction of sp³-hybridized carbons (Fsp3) is 0.579. The summed E-state index contributed by atoms with van der Waals surface area (Å²) < 4.78 is 11.4. The van der Waals surface area contributed by atoms with Gasteiger partial charge in [-0.2, -0.15) is 4.98 Å². The number of likely N-dealkylation sites (tertiary alicyclic amines) is 1. The number of oxazole rings is 1. The second kappa shape index (κ2) is 6.94. The molecule has 0 spiro atoms. The second-order valence-corrected chi connectivity index (χ2v) is 7.67. The zero-order valence-electron chi connectivity index (χ0n) is 15.5. The van der Waals surface area contributed by atoms with E-state index in [4.69, 9.17) is 9.15 Å². The van der Waals surface area contributed by atoms with Gasteiger partial charge in [-0.1, -0.05) is 12.1 Å². The number of carbonyl (C=O) groups excluding carboxylic acids is 1. The quantitative estimate of drug-likeness (QED) is 0.840. The number of amides is 1. The summed E-state index contributed by atoms with van der Waals surface area (Å²) in [5.41, 5.74) is 1.14. The average Bonchev–Trinajstić information content (AvgIpc) is 2.98. The number of hydrogen-bond donors (Lipinski definition) is 0. The van der Waals surface area contributed by atoms with Gasteiger partial charge in [0.15, 0.2) is 5.58 Å². The summed E-state index contributed by atoms with van der Waals surface area (Å²) in [5, 5.41) is 0. The summed E-state index contributed by atoms with van der Waals surface area (Å²) in [6, 6.07) is 8.40. The zero-order chi connectivity index (χ0) is 18.0. The third-order valence-corrected chi connectivity index (χ3v) is 4.35. The summed E-state index contributed by atoms with van der Waals surface area (Å²) in [4.78, 5) is 20.9. The zero-order valence-corrected chi connectivity index (χ0v) is 15.5. The third kappa shape index (κ3) is 4.24. The molecule has 1 fully saturated rings. The first-order valence-electron chi connectivity index (χ1n) is 8.90.